The van der Waals surface area contributed by atoms with Crippen LogP contribution in [0.2, 0.25) is 0 Å². The van der Waals surface area contributed by atoms with E-state index >= 15 is 0 Å². The fourth-order valence-corrected chi connectivity index (χ4v) is 1.40. The maximum absolute atomic E-state index is 5.29. The molecule has 0 amide bonds. The third-order valence-electron chi connectivity index (χ3n) is 2.00. The standard InChI is InChI=1S/C8H11NO/c1-7-2-3-8-6-10-5-4-9(7)8/h2-3H,4-6H2,1H3. The maximum atomic E-state index is 5.29. The van der Waals surface area contributed by atoms with Crippen molar-refractivity contribution in [1.29, 1.82) is 0 Å². The van der Waals surface area contributed by atoms with E-state index in [9.17, 15) is 0 Å². The summed E-state index contributed by atoms with van der Waals surface area (Å²) in [4.78, 5) is 0. The first-order valence-electron chi connectivity index (χ1n) is 3.61. The summed E-state index contributed by atoms with van der Waals surface area (Å²) in [5.41, 5.74) is 2.65. The zero-order valence-electron chi connectivity index (χ0n) is 6.13. The monoisotopic (exact) mass is 137 g/mol. The lowest BCUT2D eigenvalue weighted by molar-refractivity contribution is 0.0843. The van der Waals surface area contributed by atoms with Gasteiger partial charge in [-0.05, 0) is 19.1 Å². The summed E-state index contributed by atoms with van der Waals surface area (Å²) >= 11 is 0. The summed E-state index contributed by atoms with van der Waals surface area (Å²) in [5.74, 6) is 0. The van der Waals surface area contributed by atoms with E-state index < -0.39 is 0 Å². The number of aromatic nitrogens is 1. The van der Waals surface area contributed by atoms with Crippen molar-refractivity contribution in [2.24, 2.45) is 0 Å². The largest absolute Gasteiger partial charge is 0.373 e. The molecule has 0 spiro atoms. The maximum Gasteiger partial charge on any atom is 0.0868 e. The molecule has 0 aromatic carbocycles. The normalized spacial score (nSPS) is 16.9. The molecule has 10 heavy (non-hydrogen) atoms. The lowest BCUT2D eigenvalue weighted by atomic mass is 10.4. The molecule has 0 saturated heterocycles. The number of hydrogen-bond donors (Lipinski definition) is 0. The predicted octanol–water partition coefficient (Wildman–Crippen LogP) is 1.33. The molecule has 2 rings (SSSR count). The molecule has 0 saturated carbocycles. The first kappa shape index (κ1) is 5.98. The highest BCUT2D eigenvalue weighted by atomic mass is 16.5. The van der Waals surface area contributed by atoms with Crippen LogP contribution in [0.25, 0.3) is 0 Å². The lowest BCUT2D eigenvalue weighted by Crippen LogP contribution is -2.16. The molecular formula is C8H11NO. The van der Waals surface area contributed by atoms with Gasteiger partial charge in [0.05, 0.1) is 13.2 Å². The molecule has 1 aromatic rings. The second-order valence-corrected chi connectivity index (χ2v) is 2.67. The van der Waals surface area contributed by atoms with E-state index in [2.05, 4.69) is 23.6 Å². The molecule has 2 heteroatoms. The van der Waals surface area contributed by atoms with E-state index in [4.69, 9.17) is 4.74 Å². The third kappa shape index (κ3) is 0.762. The van der Waals surface area contributed by atoms with Crippen molar-refractivity contribution >= 4 is 0 Å². The Labute approximate surface area is 60.4 Å². The highest BCUT2D eigenvalue weighted by Crippen LogP contribution is 2.12. The minimum atomic E-state index is 0.786. The van der Waals surface area contributed by atoms with E-state index in [1.165, 1.54) is 11.4 Å². The van der Waals surface area contributed by atoms with Crippen LogP contribution in [-0.2, 0) is 17.9 Å². The van der Waals surface area contributed by atoms with Gasteiger partial charge in [0.15, 0.2) is 0 Å². The van der Waals surface area contributed by atoms with Gasteiger partial charge in [-0.2, -0.15) is 0 Å². The van der Waals surface area contributed by atoms with Crippen molar-refractivity contribution in [2.75, 3.05) is 6.61 Å². The Morgan fingerprint density at radius 1 is 1.50 bits per heavy atom. The molecule has 0 N–H and O–H groups in total. The molecule has 54 valence electrons. The Hall–Kier alpha value is -0.760. The van der Waals surface area contributed by atoms with Gasteiger partial charge < -0.3 is 9.30 Å². The summed E-state index contributed by atoms with van der Waals surface area (Å²) in [5, 5.41) is 0. The Balaban J connectivity index is 2.45. The van der Waals surface area contributed by atoms with Crippen LogP contribution < -0.4 is 0 Å². The van der Waals surface area contributed by atoms with Crippen molar-refractivity contribution in [1.82, 2.24) is 4.57 Å². The topological polar surface area (TPSA) is 14.2 Å². The molecule has 2 heterocycles. The molecule has 1 aliphatic rings. The van der Waals surface area contributed by atoms with Crippen LogP contribution in [0.4, 0.5) is 0 Å². The lowest BCUT2D eigenvalue weighted by Gasteiger charge is -2.16. The Morgan fingerprint density at radius 3 is 3.20 bits per heavy atom. The van der Waals surface area contributed by atoms with Crippen molar-refractivity contribution in [3.8, 4) is 0 Å². The van der Waals surface area contributed by atoms with Crippen LogP contribution in [0.3, 0.4) is 0 Å². The van der Waals surface area contributed by atoms with Crippen molar-refractivity contribution in [3.63, 3.8) is 0 Å². The van der Waals surface area contributed by atoms with Gasteiger partial charge in [-0.25, -0.2) is 0 Å². The summed E-state index contributed by atoms with van der Waals surface area (Å²) in [6.45, 7) is 4.80. The quantitative estimate of drug-likeness (QED) is 0.526. The van der Waals surface area contributed by atoms with Crippen LogP contribution in [0, 0.1) is 6.92 Å². The molecule has 1 aromatic heterocycles. The smallest absolute Gasteiger partial charge is 0.0868 e. The Morgan fingerprint density at radius 2 is 2.40 bits per heavy atom. The summed E-state index contributed by atoms with van der Waals surface area (Å²) in [7, 11) is 0. The van der Waals surface area contributed by atoms with Gasteiger partial charge in [-0.1, -0.05) is 0 Å². The van der Waals surface area contributed by atoms with E-state index in [-0.39, 0.29) is 0 Å². The fraction of sp³-hybridized carbons (Fsp3) is 0.500. The van der Waals surface area contributed by atoms with Crippen molar-refractivity contribution < 1.29 is 4.74 Å². The number of hydrogen-bond acceptors (Lipinski definition) is 1. The van der Waals surface area contributed by atoms with Gasteiger partial charge in [0.25, 0.3) is 0 Å². The van der Waals surface area contributed by atoms with Gasteiger partial charge in [0.2, 0.25) is 0 Å². The number of nitrogens with zero attached hydrogens (tertiary/aromatic N) is 1. The molecule has 2 nitrogen and oxygen atoms in total. The average Bonchev–Trinajstić information content (AvgIpc) is 2.34. The zero-order valence-corrected chi connectivity index (χ0v) is 6.13. The van der Waals surface area contributed by atoms with Crippen molar-refractivity contribution in [2.45, 2.75) is 20.1 Å². The van der Waals surface area contributed by atoms with E-state index in [0.717, 1.165) is 19.8 Å². The molecule has 0 unspecified atom stereocenters. The second kappa shape index (κ2) is 2.13. The first-order chi connectivity index (χ1) is 4.88. The molecular weight excluding hydrogens is 126 g/mol. The summed E-state index contributed by atoms with van der Waals surface area (Å²) in [6.07, 6.45) is 0. The molecule has 1 aliphatic heterocycles. The predicted molar refractivity (Wildman–Crippen MR) is 38.8 cm³/mol. The Bertz CT molecular complexity index is 239. The number of aryl methyl sites for hydroxylation is 1. The second-order valence-electron chi connectivity index (χ2n) is 2.67. The SMILES string of the molecule is Cc1ccc2n1CCOC2. The van der Waals surface area contributed by atoms with Crippen LogP contribution >= 0.6 is 0 Å². The van der Waals surface area contributed by atoms with Crippen LogP contribution in [0.1, 0.15) is 11.4 Å². The Kier molecular flexibility index (Phi) is 1.27. The van der Waals surface area contributed by atoms with Gasteiger partial charge >= 0.3 is 0 Å². The fourth-order valence-electron chi connectivity index (χ4n) is 1.40. The van der Waals surface area contributed by atoms with Gasteiger partial charge in [0.1, 0.15) is 0 Å². The minimum absolute atomic E-state index is 0.786. The highest BCUT2D eigenvalue weighted by Gasteiger charge is 2.08. The van der Waals surface area contributed by atoms with Gasteiger partial charge in [0, 0.05) is 17.9 Å². The van der Waals surface area contributed by atoms with Crippen LogP contribution in [0.15, 0.2) is 12.1 Å². The molecule has 0 aliphatic carbocycles. The van der Waals surface area contributed by atoms with Gasteiger partial charge in [-0.3, -0.25) is 0 Å². The summed E-state index contributed by atoms with van der Waals surface area (Å²) < 4.78 is 7.60. The van der Waals surface area contributed by atoms with E-state index in [1.807, 2.05) is 0 Å². The minimum Gasteiger partial charge on any atom is -0.373 e. The summed E-state index contributed by atoms with van der Waals surface area (Å²) in [6, 6.07) is 4.28. The molecule has 0 bridgehead atoms. The van der Waals surface area contributed by atoms with Crippen LogP contribution in [0.5, 0.6) is 0 Å². The first-order valence-corrected chi connectivity index (χ1v) is 3.61. The molecule has 0 fully saturated rings. The highest BCUT2D eigenvalue weighted by molar-refractivity contribution is 5.15. The van der Waals surface area contributed by atoms with E-state index in [0.29, 0.717) is 0 Å². The van der Waals surface area contributed by atoms with E-state index in [1.54, 1.807) is 0 Å². The third-order valence-corrected chi connectivity index (χ3v) is 2.00. The van der Waals surface area contributed by atoms with Crippen molar-refractivity contribution in [3.05, 3.63) is 23.5 Å². The number of rotatable bonds is 0. The number of fused-ring (bicyclic) bond motifs is 1. The average molecular weight is 137 g/mol. The van der Waals surface area contributed by atoms with Gasteiger partial charge in [-0.15, -0.1) is 0 Å². The zero-order chi connectivity index (χ0) is 6.97. The molecule has 0 atom stereocenters. The molecule has 0 radical (unpaired) electrons. The number of ether oxygens (including phenoxy) is 1. The van der Waals surface area contributed by atoms with Crippen LogP contribution in [-0.4, -0.2) is 11.2 Å².